The molecule has 27 heteroatoms. The van der Waals surface area contributed by atoms with Crippen LogP contribution in [0.5, 0.6) is 0 Å². The number of amides is 6. The van der Waals surface area contributed by atoms with Crippen LogP contribution >= 0.6 is 0 Å². The van der Waals surface area contributed by atoms with Crippen LogP contribution in [0.15, 0.2) is 127 Å². The second-order valence-corrected chi connectivity index (χ2v) is 30.2. The average molecular weight is 1550 g/mol. The molecule has 0 radical (unpaired) electrons. The maximum absolute atomic E-state index is 13.5. The summed E-state index contributed by atoms with van der Waals surface area (Å²) in [6.07, 6.45) is 2.26. The summed E-state index contributed by atoms with van der Waals surface area (Å²) in [6, 6.07) is 32.9. The van der Waals surface area contributed by atoms with Gasteiger partial charge in [0.15, 0.2) is 34.9 Å². The van der Waals surface area contributed by atoms with Crippen LogP contribution < -0.4 is 5.32 Å². The van der Waals surface area contributed by atoms with Crippen molar-refractivity contribution in [3.8, 4) is 0 Å². The Labute approximate surface area is 635 Å². The van der Waals surface area contributed by atoms with Crippen molar-refractivity contribution in [3.05, 3.63) is 213 Å². The van der Waals surface area contributed by atoms with E-state index in [0.29, 0.717) is 44.6 Å². The highest BCUT2D eigenvalue weighted by atomic mass is 19.3. The molecule has 16 nitrogen and oxygen atoms in total. The molecule has 0 saturated carbocycles. The first kappa shape index (κ1) is 97.8. The molecular weight excluding hydrogens is 1440 g/mol. The first-order valence-corrected chi connectivity index (χ1v) is 35.0. The predicted octanol–water partition coefficient (Wildman–Crippen LogP) is 18.6. The van der Waals surface area contributed by atoms with E-state index >= 15 is 0 Å². The van der Waals surface area contributed by atoms with E-state index in [9.17, 15) is 81.9 Å². The van der Waals surface area contributed by atoms with Crippen LogP contribution in [0.2, 0.25) is 0 Å². The van der Waals surface area contributed by atoms with Gasteiger partial charge in [-0.2, -0.15) is 5.06 Å². The Bertz CT molecular complexity index is 3850. The molecule has 0 heterocycles. The van der Waals surface area contributed by atoms with E-state index in [-0.39, 0.29) is 71.1 Å². The Kier molecular flexibility index (Phi) is 38.8. The van der Waals surface area contributed by atoms with Gasteiger partial charge in [0.2, 0.25) is 17.7 Å². The molecule has 0 unspecified atom stereocenters. The third-order valence-electron chi connectivity index (χ3n) is 17.4. The van der Waals surface area contributed by atoms with E-state index in [0.717, 1.165) is 78.6 Å². The van der Waals surface area contributed by atoms with E-state index in [1.165, 1.54) is 43.2 Å². The van der Waals surface area contributed by atoms with Gasteiger partial charge in [-0.05, 0) is 68.0 Å². The maximum atomic E-state index is 13.5. The van der Waals surface area contributed by atoms with Crippen LogP contribution in [0, 0.1) is 84.8 Å². The van der Waals surface area contributed by atoms with Gasteiger partial charge in [-0.25, -0.2) is 58.4 Å². The number of rotatable bonds is 22. The molecular formula is C82H109F11N6O10. The summed E-state index contributed by atoms with van der Waals surface area (Å²) < 4.78 is 145. The highest BCUT2D eigenvalue weighted by Crippen LogP contribution is 2.38. The molecule has 0 aliphatic carbocycles. The fourth-order valence-corrected chi connectivity index (χ4v) is 8.97. The van der Waals surface area contributed by atoms with Gasteiger partial charge in [0, 0.05) is 110 Å². The second-order valence-electron chi connectivity index (χ2n) is 30.2. The van der Waals surface area contributed by atoms with E-state index in [1.54, 1.807) is 41.5 Å². The number of hydroxylamine groups is 6. The standard InChI is InChI=1S/C15H21NO3.C14H16F5NO.2C14H21NO2.C13H16F3NO.C12H14F3NO/c1-5-15(3,4)14(18)16(19-12(2)17)11-13-9-7-6-8-10-13;1-13(2,14(3,18)19)12(21)20(4)7-8-5-9(15)6-10(16)11(8)17;2*1-5-14(2,3)13(16)15(17-4)11-12-9-7-6-8-10-12;1-13(2,3)12(18)17(4)7-8-5-9(14)6-10(15)11(8)16;1-12(2,3)11(17)16-6-7-4-8(13)5-9(14)10(7)15/h6-10H,5,11H2,1-4H3;5-6H,7H2,1-4H3;2*6-10H,5,11H2,1-4H3;5-6H,7H2,1-4H3;4-5H,6H2,1-3H3,(H,16,17). The monoisotopic (exact) mass is 1550 g/mol. The number of halogens is 11. The third kappa shape index (κ3) is 32.1. The minimum absolute atomic E-state index is 0.0198. The molecule has 6 aromatic carbocycles. The fourth-order valence-electron chi connectivity index (χ4n) is 8.97. The number of nitrogens with zero attached hydrogens (tertiary/aromatic N) is 5. The topological polar surface area (TPSA) is 175 Å². The van der Waals surface area contributed by atoms with Gasteiger partial charge >= 0.3 is 5.97 Å². The summed E-state index contributed by atoms with van der Waals surface area (Å²) >= 11 is 0. The molecule has 109 heavy (non-hydrogen) atoms. The third-order valence-corrected chi connectivity index (χ3v) is 17.4. The molecule has 0 saturated heterocycles. The zero-order chi connectivity index (χ0) is 84.1. The van der Waals surface area contributed by atoms with Crippen molar-refractivity contribution in [2.75, 3.05) is 28.3 Å². The zero-order valence-electron chi connectivity index (χ0n) is 67.0. The lowest BCUT2D eigenvalue weighted by Crippen LogP contribution is -2.47. The summed E-state index contributed by atoms with van der Waals surface area (Å²) in [5, 5.41) is 6.43. The first-order valence-electron chi connectivity index (χ1n) is 35.0. The SMILES string of the molecule is CC(C)(C)C(=O)NCc1cc(F)cc(F)c1F.CCC(C)(C)C(=O)N(Cc1ccccc1)OC.CCC(C)(C)C(=O)N(Cc1ccccc1)OC.CCC(C)(C)C(=O)N(Cc1ccccc1)OC(C)=O.CN(Cc1cc(F)cc(F)c1F)C(=O)C(C)(C)C.CN(Cc1cc(F)cc(F)c1F)C(=O)C(C)(C)C(C)(F)F. The van der Waals surface area contributed by atoms with Crippen LogP contribution in [-0.2, 0) is 87.3 Å². The number of hydrogen-bond acceptors (Lipinski definition) is 10. The molecule has 6 aromatic rings. The molecule has 0 atom stereocenters. The van der Waals surface area contributed by atoms with Crippen LogP contribution in [0.1, 0.15) is 184 Å². The Balaban J connectivity index is 0.000000655. The lowest BCUT2D eigenvalue weighted by molar-refractivity contribution is -0.204. The molecule has 0 spiro atoms. The van der Waals surface area contributed by atoms with E-state index in [2.05, 4.69) is 5.32 Å². The number of carbonyl (C=O) groups is 7. The second kappa shape index (κ2) is 43.2. The van der Waals surface area contributed by atoms with Gasteiger partial charge in [-0.3, -0.25) is 43.2 Å². The van der Waals surface area contributed by atoms with Crippen molar-refractivity contribution in [2.45, 2.75) is 196 Å². The Morgan fingerprint density at radius 2 is 0.670 bits per heavy atom. The van der Waals surface area contributed by atoms with Gasteiger partial charge < -0.3 is 20.0 Å². The first-order chi connectivity index (χ1) is 50.1. The lowest BCUT2D eigenvalue weighted by atomic mass is 9.85. The molecule has 0 aromatic heterocycles. The molecule has 1 N–H and O–H groups in total. The number of hydrogen-bond donors (Lipinski definition) is 1. The summed E-state index contributed by atoms with van der Waals surface area (Å²) in [5.74, 6) is -15.7. The highest BCUT2D eigenvalue weighted by molar-refractivity contribution is 5.84. The summed E-state index contributed by atoms with van der Waals surface area (Å²) in [4.78, 5) is 101. The Morgan fingerprint density at radius 1 is 0.385 bits per heavy atom. The largest absolute Gasteiger partial charge is 0.351 e. The molecule has 0 aliphatic rings. The molecule has 6 rings (SSSR count). The van der Waals surface area contributed by atoms with Gasteiger partial charge in [0.1, 0.15) is 22.9 Å². The van der Waals surface area contributed by atoms with Crippen molar-refractivity contribution in [2.24, 2.45) is 32.5 Å². The quantitative estimate of drug-likeness (QED) is 0.0391. The molecule has 0 bridgehead atoms. The number of alkyl halides is 2. The van der Waals surface area contributed by atoms with Crippen molar-refractivity contribution < 1.29 is 96.4 Å². The number of benzene rings is 6. The van der Waals surface area contributed by atoms with Crippen molar-refractivity contribution >= 4 is 41.4 Å². The zero-order valence-corrected chi connectivity index (χ0v) is 67.0. The smallest absolute Gasteiger partial charge is 0.329 e. The number of carbonyl (C=O) groups excluding carboxylic acids is 7. The molecule has 0 aliphatic heterocycles. The minimum Gasteiger partial charge on any atom is -0.351 e. The molecule has 604 valence electrons. The van der Waals surface area contributed by atoms with Crippen molar-refractivity contribution in [3.63, 3.8) is 0 Å². The summed E-state index contributed by atoms with van der Waals surface area (Å²) in [6.45, 7) is 31.9. The summed E-state index contributed by atoms with van der Waals surface area (Å²) in [5.41, 5.74) is -2.36. The van der Waals surface area contributed by atoms with Gasteiger partial charge in [0.25, 0.3) is 23.6 Å². The van der Waals surface area contributed by atoms with E-state index in [4.69, 9.17) is 14.5 Å². The summed E-state index contributed by atoms with van der Waals surface area (Å²) in [7, 11) is 5.70. The van der Waals surface area contributed by atoms with Crippen LogP contribution in [0.25, 0.3) is 0 Å². The van der Waals surface area contributed by atoms with Gasteiger partial charge in [-0.15, -0.1) is 0 Å². The lowest BCUT2D eigenvalue weighted by Gasteiger charge is -2.33. The van der Waals surface area contributed by atoms with Gasteiger partial charge in [-0.1, -0.05) is 195 Å². The van der Waals surface area contributed by atoms with Crippen LogP contribution in [0.3, 0.4) is 0 Å². The minimum atomic E-state index is -3.30. The van der Waals surface area contributed by atoms with Crippen molar-refractivity contribution in [1.82, 2.24) is 30.3 Å². The average Bonchev–Trinajstić information content (AvgIpc) is 0.806. The van der Waals surface area contributed by atoms with E-state index < -0.39 is 104 Å². The van der Waals surface area contributed by atoms with Crippen LogP contribution in [-0.4, -0.2) is 101 Å². The predicted molar refractivity (Wildman–Crippen MR) is 396 cm³/mol. The van der Waals surface area contributed by atoms with Crippen LogP contribution in [0.4, 0.5) is 48.3 Å². The van der Waals surface area contributed by atoms with Gasteiger partial charge in [0.05, 0.1) is 33.9 Å². The number of nitrogens with one attached hydrogen (secondary N) is 1. The highest BCUT2D eigenvalue weighted by Gasteiger charge is 2.49. The molecule has 0 fully saturated rings. The Hall–Kier alpha value is -9.24. The fraction of sp³-hybridized carbons (Fsp3) is 0.476. The Morgan fingerprint density at radius 3 is 0.945 bits per heavy atom. The normalized spacial score (nSPS) is 11.5. The van der Waals surface area contributed by atoms with Crippen molar-refractivity contribution in [1.29, 1.82) is 0 Å². The molecule has 6 amide bonds. The van der Waals surface area contributed by atoms with E-state index in [1.807, 2.05) is 153 Å². The maximum Gasteiger partial charge on any atom is 0.329 e.